The number of rotatable bonds is 8. The number of ether oxygens (including phenoxy) is 2. The summed E-state index contributed by atoms with van der Waals surface area (Å²) in [7, 11) is 0. The molecule has 0 heterocycles. The smallest absolute Gasteiger partial charge is 0.265 e. The Labute approximate surface area is 163 Å². The minimum atomic E-state index is -0.667. The number of hydrogen-bond acceptors (Lipinski definition) is 3. The summed E-state index contributed by atoms with van der Waals surface area (Å²) in [6, 6.07) is 22.7. The molecular formula is C23H22FNO3. The van der Waals surface area contributed by atoms with Crippen LogP contribution in [0.3, 0.4) is 0 Å². The van der Waals surface area contributed by atoms with Crippen LogP contribution in [-0.4, -0.2) is 12.0 Å². The molecule has 0 saturated carbocycles. The van der Waals surface area contributed by atoms with Gasteiger partial charge in [-0.3, -0.25) is 4.79 Å². The van der Waals surface area contributed by atoms with Gasteiger partial charge >= 0.3 is 0 Å². The predicted molar refractivity (Wildman–Crippen MR) is 107 cm³/mol. The minimum Gasteiger partial charge on any atom is -0.489 e. The lowest BCUT2D eigenvalue weighted by Crippen LogP contribution is -2.32. The number of amides is 1. The highest BCUT2D eigenvalue weighted by atomic mass is 19.1. The van der Waals surface area contributed by atoms with Crippen molar-refractivity contribution in [1.29, 1.82) is 0 Å². The molecule has 28 heavy (non-hydrogen) atoms. The number of halogens is 1. The highest BCUT2D eigenvalue weighted by Gasteiger charge is 2.18. The Balaban J connectivity index is 1.54. The number of anilines is 1. The summed E-state index contributed by atoms with van der Waals surface area (Å²) in [6.45, 7) is 2.34. The van der Waals surface area contributed by atoms with Gasteiger partial charge in [-0.1, -0.05) is 37.3 Å². The zero-order chi connectivity index (χ0) is 19.8. The van der Waals surface area contributed by atoms with Gasteiger partial charge < -0.3 is 14.8 Å². The molecule has 0 unspecified atom stereocenters. The van der Waals surface area contributed by atoms with Crippen molar-refractivity contribution in [3.05, 3.63) is 90.2 Å². The van der Waals surface area contributed by atoms with Crippen LogP contribution in [0, 0.1) is 5.82 Å². The van der Waals surface area contributed by atoms with Crippen molar-refractivity contribution >= 4 is 11.6 Å². The Morgan fingerprint density at radius 2 is 1.57 bits per heavy atom. The molecule has 3 rings (SSSR count). The molecule has 0 bridgehead atoms. The Bertz CT molecular complexity index is 880. The van der Waals surface area contributed by atoms with Crippen LogP contribution in [0.4, 0.5) is 10.1 Å². The van der Waals surface area contributed by atoms with Crippen LogP contribution in [0.2, 0.25) is 0 Å². The van der Waals surface area contributed by atoms with Crippen molar-refractivity contribution in [2.45, 2.75) is 26.1 Å². The van der Waals surface area contributed by atoms with Crippen LogP contribution in [-0.2, 0) is 11.4 Å². The SMILES string of the molecule is CC[C@@H](Oc1ccc(F)cc1)C(=O)Nc1ccc(OCc2ccccc2)cc1. The molecule has 1 N–H and O–H groups in total. The van der Waals surface area contributed by atoms with E-state index < -0.39 is 6.10 Å². The van der Waals surface area contributed by atoms with Crippen LogP contribution in [0.1, 0.15) is 18.9 Å². The summed E-state index contributed by atoms with van der Waals surface area (Å²) in [5, 5.41) is 2.83. The quantitative estimate of drug-likeness (QED) is 0.585. The third kappa shape index (κ3) is 5.58. The van der Waals surface area contributed by atoms with E-state index in [0.29, 0.717) is 24.5 Å². The average Bonchev–Trinajstić information content (AvgIpc) is 2.73. The van der Waals surface area contributed by atoms with Gasteiger partial charge in [-0.25, -0.2) is 4.39 Å². The summed E-state index contributed by atoms with van der Waals surface area (Å²) in [4.78, 5) is 12.5. The van der Waals surface area contributed by atoms with E-state index in [1.807, 2.05) is 37.3 Å². The fraction of sp³-hybridized carbons (Fsp3) is 0.174. The third-order valence-corrected chi connectivity index (χ3v) is 4.13. The Hall–Kier alpha value is -3.34. The molecule has 0 aromatic heterocycles. The van der Waals surface area contributed by atoms with Crippen molar-refractivity contribution in [2.75, 3.05) is 5.32 Å². The van der Waals surface area contributed by atoms with E-state index in [-0.39, 0.29) is 11.7 Å². The number of hydrogen-bond donors (Lipinski definition) is 1. The van der Waals surface area contributed by atoms with Crippen molar-refractivity contribution in [3.8, 4) is 11.5 Å². The second kappa shape index (κ2) is 9.55. The first-order valence-electron chi connectivity index (χ1n) is 9.14. The summed E-state index contributed by atoms with van der Waals surface area (Å²) < 4.78 is 24.4. The largest absolute Gasteiger partial charge is 0.489 e. The number of benzene rings is 3. The van der Waals surface area contributed by atoms with Gasteiger partial charge in [0.1, 0.15) is 23.9 Å². The van der Waals surface area contributed by atoms with E-state index in [1.54, 1.807) is 24.3 Å². The van der Waals surface area contributed by atoms with Crippen molar-refractivity contribution in [3.63, 3.8) is 0 Å². The van der Waals surface area contributed by atoms with Crippen LogP contribution in [0.15, 0.2) is 78.9 Å². The molecule has 0 saturated heterocycles. The van der Waals surface area contributed by atoms with E-state index in [4.69, 9.17) is 9.47 Å². The molecule has 3 aromatic carbocycles. The maximum atomic E-state index is 13.0. The highest BCUT2D eigenvalue weighted by Crippen LogP contribution is 2.19. The second-order valence-electron chi connectivity index (χ2n) is 6.26. The second-order valence-corrected chi connectivity index (χ2v) is 6.26. The van der Waals surface area contributed by atoms with E-state index in [2.05, 4.69) is 5.32 Å². The molecule has 1 amide bonds. The van der Waals surface area contributed by atoms with Gasteiger partial charge in [0.2, 0.25) is 0 Å². The highest BCUT2D eigenvalue weighted by molar-refractivity contribution is 5.94. The van der Waals surface area contributed by atoms with Crippen LogP contribution >= 0.6 is 0 Å². The lowest BCUT2D eigenvalue weighted by atomic mass is 10.2. The fourth-order valence-electron chi connectivity index (χ4n) is 2.60. The van der Waals surface area contributed by atoms with Gasteiger partial charge in [0.05, 0.1) is 0 Å². The Kier molecular flexibility index (Phi) is 6.63. The summed E-state index contributed by atoms with van der Waals surface area (Å²) in [6.07, 6.45) is -0.180. The Morgan fingerprint density at radius 1 is 0.929 bits per heavy atom. The van der Waals surface area contributed by atoms with Crippen LogP contribution in [0.5, 0.6) is 11.5 Å². The van der Waals surface area contributed by atoms with E-state index in [0.717, 1.165) is 11.3 Å². The lowest BCUT2D eigenvalue weighted by molar-refractivity contribution is -0.122. The van der Waals surface area contributed by atoms with Crippen LogP contribution < -0.4 is 14.8 Å². The number of nitrogens with one attached hydrogen (secondary N) is 1. The van der Waals surface area contributed by atoms with Crippen molar-refractivity contribution in [2.24, 2.45) is 0 Å². The zero-order valence-corrected chi connectivity index (χ0v) is 15.6. The molecule has 1 atom stereocenters. The standard InChI is InChI=1S/C23H22FNO3/c1-2-22(28-21-12-8-18(24)9-13-21)23(26)25-19-10-14-20(15-11-19)27-16-17-6-4-3-5-7-17/h3-15,22H,2,16H2,1H3,(H,25,26)/t22-/m1/s1. The van der Waals surface area contributed by atoms with Crippen molar-refractivity contribution in [1.82, 2.24) is 0 Å². The molecule has 3 aromatic rings. The molecule has 0 aliphatic carbocycles. The third-order valence-electron chi connectivity index (χ3n) is 4.13. The number of carbonyl (C=O) groups excluding carboxylic acids is 1. The molecule has 5 heteroatoms. The average molecular weight is 379 g/mol. The Morgan fingerprint density at radius 3 is 2.21 bits per heavy atom. The molecule has 0 aliphatic rings. The summed E-state index contributed by atoms with van der Waals surface area (Å²) >= 11 is 0. The lowest BCUT2D eigenvalue weighted by Gasteiger charge is -2.17. The van der Waals surface area contributed by atoms with Gasteiger partial charge in [-0.15, -0.1) is 0 Å². The predicted octanol–water partition coefficient (Wildman–Crippen LogP) is 5.20. The summed E-state index contributed by atoms with van der Waals surface area (Å²) in [5.41, 5.74) is 1.74. The van der Waals surface area contributed by atoms with Gasteiger partial charge in [0.25, 0.3) is 5.91 Å². The normalized spacial score (nSPS) is 11.5. The molecular weight excluding hydrogens is 357 g/mol. The van der Waals surface area contributed by atoms with E-state index >= 15 is 0 Å². The first-order valence-corrected chi connectivity index (χ1v) is 9.14. The molecule has 0 aliphatic heterocycles. The maximum Gasteiger partial charge on any atom is 0.265 e. The van der Waals surface area contributed by atoms with Crippen LogP contribution in [0.25, 0.3) is 0 Å². The minimum absolute atomic E-state index is 0.259. The molecule has 4 nitrogen and oxygen atoms in total. The fourth-order valence-corrected chi connectivity index (χ4v) is 2.60. The molecule has 0 radical (unpaired) electrons. The molecule has 144 valence electrons. The molecule has 0 fully saturated rings. The maximum absolute atomic E-state index is 13.0. The van der Waals surface area contributed by atoms with Gasteiger partial charge in [0.15, 0.2) is 6.10 Å². The topological polar surface area (TPSA) is 47.6 Å². The first kappa shape index (κ1) is 19.4. The molecule has 0 spiro atoms. The monoisotopic (exact) mass is 379 g/mol. The number of carbonyl (C=O) groups is 1. The summed E-state index contributed by atoms with van der Waals surface area (Å²) in [5.74, 6) is 0.564. The first-order chi connectivity index (χ1) is 13.6. The van der Waals surface area contributed by atoms with Crippen molar-refractivity contribution < 1.29 is 18.7 Å². The van der Waals surface area contributed by atoms with Gasteiger partial charge in [0, 0.05) is 5.69 Å². The zero-order valence-electron chi connectivity index (χ0n) is 15.6. The van der Waals surface area contributed by atoms with Gasteiger partial charge in [-0.2, -0.15) is 0 Å². The van der Waals surface area contributed by atoms with E-state index in [1.165, 1.54) is 24.3 Å². The van der Waals surface area contributed by atoms with E-state index in [9.17, 15) is 9.18 Å². The van der Waals surface area contributed by atoms with Gasteiger partial charge in [-0.05, 0) is 60.5 Å².